The molecule has 1 aromatic rings. The van der Waals surface area contributed by atoms with Gasteiger partial charge in [-0.15, -0.1) is 0 Å². The Kier molecular flexibility index (Phi) is 4.88. The minimum absolute atomic E-state index is 0.125. The molecule has 2 heterocycles. The van der Waals surface area contributed by atoms with Crippen molar-refractivity contribution in [1.82, 2.24) is 14.0 Å². The number of rotatable bonds is 5. The van der Waals surface area contributed by atoms with E-state index < -0.39 is 0 Å². The maximum Gasteiger partial charge on any atom is 0.331 e. The van der Waals surface area contributed by atoms with E-state index in [0.29, 0.717) is 6.54 Å². The van der Waals surface area contributed by atoms with Crippen LogP contribution in [0.4, 0.5) is 0 Å². The van der Waals surface area contributed by atoms with Crippen molar-refractivity contribution in [3.05, 3.63) is 16.2 Å². The van der Waals surface area contributed by atoms with Crippen LogP contribution in [0.2, 0.25) is 0 Å². The molecule has 0 spiro atoms. The van der Waals surface area contributed by atoms with Gasteiger partial charge in [0.05, 0.1) is 18.9 Å². The number of imidazole rings is 1. The molecule has 1 aliphatic heterocycles. The zero-order chi connectivity index (χ0) is 14.7. The van der Waals surface area contributed by atoms with Gasteiger partial charge in [0, 0.05) is 39.1 Å². The van der Waals surface area contributed by atoms with E-state index in [9.17, 15) is 9.90 Å². The molecule has 1 unspecified atom stereocenters. The summed E-state index contributed by atoms with van der Waals surface area (Å²) in [7, 11) is 1.73. The number of nitrogens with zero attached hydrogens (tertiary/aromatic N) is 3. The van der Waals surface area contributed by atoms with E-state index in [-0.39, 0.29) is 17.5 Å². The third kappa shape index (κ3) is 2.91. The van der Waals surface area contributed by atoms with Crippen LogP contribution in [0.15, 0.2) is 4.79 Å². The van der Waals surface area contributed by atoms with E-state index in [1.807, 2.05) is 6.92 Å². The Hall–Kier alpha value is -1.27. The highest BCUT2D eigenvalue weighted by Crippen LogP contribution is 2.26. The molecule has 114 valence electrons. The van der Waals surface area contributed by atoms with Crippen LogP contribution >= 0.6 is 0 Å². The zero-order valence-corrected chi connectivity index (χ0v) is 12.6. The van der Waals surface area contributed by atoms with Crippen molar-refractivity contribution in [3.63, 3.8) is 0 Å². The summed E-state index contributed by atoms with van der Waals surface area (Å²) in [6.45, 7) is 8.64. The highest BCUT2D eigenvalue weighted by atomic mass is 16.5. The monoisotopic (exact) mass is 283 g/mol. The number of aromatic nitrogens is 2. The summed E-state index contributed by atoms with van der Waals surface area (Å²) in [6.07, 6.45) is 0.897. The second-order valence-electron chi connectivity index (χ2n) is 5.47. The lowest BCUT2D eigenvalue weighted by Gasteiger charge is -2.26. The summed E-state index contributed by atoms with van der Waals surface area (Å²) in [5, 5.41) is 10.3. The molecular formula is C14H25N3O3. The standard InChI is InChI=1S/C14H25N3O3/c1-4-11(2)12-13(18)17(14(19)15(12)3)6-5-16-7-9-20-10-8-16/h11,18H,4-10H2,1-3H3. The fourth-order valence-corrected chi connectivity index (χ4v) is 2.68. The predicted octanol–water partition coefficient (Wildman–Crippen LogP) is 0.738. The van der Waals surface area contributed by atoms with E-state index in [1.165, 1.54) is 4.57 Å². The third-order valence-electron chi connectivity index (χ3n) is 4.19. The second kappa shape index (κ2) is 6.45. The van der Waals surface area contributed by atoms with E-state index in [0.717, 1.165) is 45.0 Å². The second-order valence-corrected chi connectivity index (χ2v) is 5.47. The molecule has 1 atom stereocenters. The van der Waals surface area contributed by atoms with Crippen LogP contribution in [-0.4, -0.2) is 52.0 Å². The molecule has 1 aromatic heterocycles. The molecule has 1 fully saturated rings. The molecule has 0 amide bonds. The Morgan fingerprint density at radius 2 is 1.95 bits per heavy atom. The fourth-order valence-electron chi connectivity index (χ4n) is 2.68. The first kappa shape index (κ1) is 15.1. The van der Waals surface area contributed by atoms with Gasteiger partial charge in [-0.05, 0) is 6.42 Å². The minimum Gasteiger partial charge on any atom is -0.493 e. The lowest BCUT2D eigenvalue weighted by molar-refractivity contribution is 0.0360. The Balaban J connectivity index is 2.13. The van der Waals surface area contributed by atoms with Crippen LogP contribution in [0.5, 0.6) is 5.88 Å². The summed E-state index contributed by atoms with van der Waals surface area (Å²) >= 11 is 0. The Bertz CT molecular complexity index is 500. The Morgan fingerprint density at radius 3 is 2.55 bits per heavy atom. The summed E-state index contributed by atoms with van der Waals surface area (Å²) in [5.41, 5.74) is 0.602. The number of aromatic hydroxyl groups is 1. The molecule has 1 N–H and O–H groups in total. The molecule has 1 saturated heterocycles. The molecule has 0 radical (unpaired) electrons. The highest BCUT2D eigenvalue weighted by molar-refractivity contribution is 5.24. The SMILES string of the molecule is CCC(C)c1c(O)n(CCN2CCOCC2)c(=O)n1C. The van der Waals surface area contributed by atoms with E-state index in [1.54, 1.807) is 11.6 Å². The van der Waals surface area contributed by atoms with Crippen LogP contribution in [-0.2, 0) is 18.3 Å². The molecular weight excluding hydrogens is 258 g/mol. The molecule has 20 heavy (non-hydrogen) atoms. The van der Waals surface area contributed by atoms with Crippen LogP contribution in [0.25, 0.3) is 0 Å². The summed E-state index contributed by atoms with van der Waals surface area (Å²) in [6, 6.07) is 0. The normalized spacial score (nSPS) is 18.4. The van der Waals surface area contributed by atoms with Gasteiger partial charge in [0.2, 0.25) is 5.88 Å². The first-order valence-electron chi connectivity index (χ1n) is 7.34. The number of morpholine rings is 1. The van der Waals surface area contributed by atoms with Gasteiger partial charge in [0.15, 0.2) is 0 Å². The number of hydrogen-bond acceptors (Lipinski definition) is 4. The van der Waals surface area contributed by atoms with Crippen LogP contribution in [0.3, 0.4) is 0 Å². The van der Waals surface area contributed by atoms with E-state index in [2.05, 4.69) is 11.8 Å². The molecule has 1 aliphatic rings. The fraction of sp³-hybridized carbons (Fsp3) is 0.786. The van der Waals surface area contributed by atoms with Gasteiger partial charge in [0.25, 0.3) is 0 Å². The van der Waals surface area contributed by atoms with Crippen molar-refractivity contribution in [2.75, 3.05) is 32.8 Å². The molecule has 0 bridgehead atoms. The van der Waals surface area contributed by atoms with Gasteiger partial charge in [-0.25, -0.2) is 4.79 Å². The maximum absolute atomic E-state index is 12.2. The molecule has 6 heteroatoms. The zero-order valence-electron chi connectivity index (χ0n) is 12.6. The molecule has 0 aromatic carbocycles. The molecule has 6 nitrogen and oxygen atoms in total. The van der Waals surface area contributed by atoms with Crippen molar-refractivity contribution in [2.24, 2.45) is 7.05 Å². The summed E-state index contributed by atoms with van der Waals surface area (Å²) in [4.78, 5) is 14.5. The molecule has 2 rings (SSSR count). The first-order valence-corrected chi connectivity index (χ1v) is 7.34. The smallest absolute Gasteiger partial charge is 0.331 e. The topological polar surface area (TPSA) is 59.6 Å². The minimum atomic E-state index is -0.133. The van der Waals surface area contributed by atoms with E-state index in [4.69, 9.17) is 4.74 Å². The van der Waals surface area contributed by atoms with Crippen LogP contribution in [0, 0.1) is 0 Å². The predicted molar refractivity (Wildman–Crippen MR) is 77.3 cm³/mol. The van der Waals surface area contributed by atoms with Gasteiger partial charge in [0.1, 0.15) is 0 Å². The van der Waals surface area contributed by atoms with Gasteiger partial charge < -0.3 is 9.84 Å². The number of hydrogen-bond donors (Lipinski definition) is 1. The van der Waals surface area contributed by atoms with Crippen molar-refractivity contribution in [1.29, 1.82) is 0 Å². The van der Waals surface area contributed by atoms with Crippen molar-refractivity contribution < 1.29 is 9.84 Å². The quantitative estimate of drug-likeness (QED) is 0.866. The van der Waals surface area contributed by atoms with Gasteiger partial charge in [-0.3, -0.25) is 14.0 Å². The molecule has 0 saturated carbocycles. The first-order chi connectivity index (χ1) is 9.56. The lowest BCUT2D eigenvalue weighted by Crippen LogP contribution is -2.39. The Labute approximate surface area is 119 Å². The van der Waals surface area contributed by atoms with Crippen molar-refractivity contribution >= 4 is 0 Å². The maximum atomic E-state index is 12.2. The van der Waals surface area contributed by atoms with Gasteiger partial charge in [-0.1, -0.05) is 13.8 Å². The van der Waals surface area contributed by atoms with Crippen LogP contribution < -0.4 is 5.69 Å². The van der Waals surface area contributed by atoms with Crippen LogP contribution in [0.1, 0.15) is 31.9 Å². The summed E-state index contributed by atoms with van der Waals surface area (Å²) < 4.78 is 8.36. The van der Waals surface area contributed by atoms with Crippen molar-refractivity contribution in [3.8, 4) is 5.88 Å². The number of ether oxygens (including phenoxy) is 1. The largest absolute Gasteiger partial charge is 0.493 e. The summed E-state index contributed by atoms with van der Waals surface area (Å²) in [5.74, 6) is 0.303. The average Bonchev–Trinajstić information content (AvgIpc) is 2.68. The average molecular weight is 283 g/mol. The van der Waals surface area contributed by atoms with Crippen molar-refractivity contribution in [2.45, 2.75) is 32.7 Å². The third-order valence-corrected chi connectivity index (χ3v) is 4.19. The molecule has 0 aliphatic carbocycles. The highest BCUT2D eigenvalue weighted by Gasteiger charge is 2.21. The van der Waals surface area contributed by atoms with Gasteiger partial charge >= 0.3 is 5.69 Å². The van der Waals surface area contributed by atoms with E-state index >= 15 is 0 Å². The lowest BCUT2D eigenvalue weighted by atomic mass is 10.1. The Morgan fingerprint density at radius 1 is 1.30 bits per heavy atom. The van der Waals surface area contributed by atoms with Gasteiger partial charge in [-0.2, -0.15) is 0 Å².